The maximum absolute atomic E-state index is 12.3. The summed E-state index contributed by atoms with van der Waals surface area (Å²) in [6.45, 7) is 2.69. The van der Waals surface area contributed by atoms with Crippen LogP contribution in [-0.4, -0.2) is 16.1 Å². The first kappa shape index (κ1) is 15.4. The Hall–Kier alpha value is -2.02. The Morgan fingerprint density at radius 2 is 1.86 bits per heavy atom. The highest BCUT2D eigenvalue weighted by Gasteiger charge is 2.31. The summed E-state index contributed by atoms with van der Waals surface area (Å²) < 4.78 is 42.6. The predicted octanol–water partition coefficient (Wildman–Crippen LogP) is 2.92. The number of benzene rings is 1. The Bertz CT molecular complexity index is 608. The molecule has 0 spiro atoms. The lowest BCUT2D eigenvalue weighted by Crippen LogP contribution is -2.20. The first-order chi connectivity index (χ1) is 9.85. The highest BCUT2D eigenvalue weighted by Crippen LogP contribution is 2.26. The van der Waals surface area contributed by atoms with Crippen LogP contribution in [0.2, 0.25) is 0 Å². The lowest BCUT2D eigenvalue weighted by atomic mass is 10.2. The number of nitrogens with zero attached hydrogens (tertiary/aromatic N) is 2. The monoisotopic (exact) mass is 299 g/mol. The lowest BCUT2D eigenvalue weighted by molar-refractivity contribution is -0.274. The quantitative estimate of drug-likeness (QED) is 0.922. The van der Waals surface area contributed by atoms with Gasteiger partial charge in [-0.3, -0.25) is 4.68 Å². The molecule has 0 fully saturated rings. The summed E-state index contributed by atoms with van der Waals surface area (Å²) in [7, 11) is 1.82. The molecule has 0 aliphatic rings. The maximum atomic E-state index is 12.3. The molecular formula is C14H16F3N3O. The minimum absolute atomic E-state index is 0.180. The number of halogens is 3. The molecule has 1 heterocycles. The summed E-state index contributed by atoms with van der Waals surface area (Å²) in [6, 6.07) is 6.09. The van der Waals surface area contributed by atoms with Gasteiger partial charge in [-0.25, -0.2) is 0 Å². The van der Waals surface area contributed by atoms with E-state index in [2.05, 4.69) is 15.2 Å². The zero-order valence-electron chi connectivity index (χ0n) is 11.7. The molecule has 21 heavy (non-hydrogen) atoms. The third kappa shape index (κ3) is 4.49. The fourth-order valence-electron chi connectivity index (χ4n) is 2.03. The number of aromatic nitrogens is 2. The fraction of sp³-hybridized carbons (Fsp3) is 0.357. The number of hydrogen-bond acceptors (Lipinski definition) is 3. The predicted molar refractivity (Wildman–Crippen MR) is 71.6 cm³/mol. The van der Waals surface area contributed by atoms with E-state index in [1.807, 2.05) is 20.2 Å². The van der Waals surface area contributed by atoms with Gasteiger partial charge < -0.3 is 10.1 Å². The Balaban J connectivity index is 1.98. The molecule has 114 valence electrons. The van der Waals surface area contributed by atoms with Crippen LogP contribution < -0.4 is 10.1 Å². The van der Waals surface area contributed by atoms with E-state index in [1.165, 1.54) is 12.1 Å². The Kier molecular flexibility index (Phi) is 4.52. The van der Waals surface area contributed by atoms with Crippen molar-refractivity contribution < 1.29 is 17.9 Å². The second-order valence-corrected chi connectivity index (χ2v) is 4.67. The van der Waals surface area contributed by atoms with Crippen LogP contribution in [0.4, 0.5) is 13.2 Å². The molecule has 1 N–H and O–H groups in total. The fourth-order valence-corrected chi connectivity index (χ4v) is 2.03. The van der Waals surface area contributed by atoms with Gasteiger partial charge in [0.25, 0.3) is 0 Å². The highest BCUT2D eigenvalue weighted by atomic mass is 19.4. The van der Waals surface area contributed by atoms with Gasteiger partial charge in [-0.2, -0.15) is 5.10 Å². The topological polar surface area (TPSA) is 39.1 Å². The highest BCUT2D eigenvalue weighted by molar-refractivity contribution is 5.33. The first-order valence-corrected chi connectivity index (χ1v) is 6.38. The van der Waals surface area contributed by atoms with Gasteiger partial charge >= 0.3 is 6.36 Å². The Labute approximate surface area is 120 Å². The SMILES string of the molecule is Cc1nn(C)cc1CNCc1ccccc1OC(F)(F)F. The van der Waals surface area contributed by atoms with Crippen LogP contribution in [0.15, 0.2) is 30.5 Å². The van der Waals surface area contributed by atoms with Gasteiger partial charge in [-0.15, -0.1) is 13.2 Å². The number of alkyl halides is 3. The van der Waals surface area contributed by atoms with Crippen molar-refractivity contribution in [3.05, 3.63) is 47.3 Å². The number of para-hydroxylation sites is 1. The summed E-state index contributed by atoms with van der Waals surface area (Å²) in [5.41, 5.74) is 2.35. The van der Waals surface area contributed by atoms with E-state index in [1.54, 1.807) is 16.8 Å². The van der Waals surface area contributed by atoms with Crippen molar-refractivity contribution in [1.82, 2.24) is 15.1 Å². The third-order valence-electron chi connectivity index (χ3n) is 2.94. The minimum Gasteiger partial charge on any atom is -0.405 e. The van der Waals surface area contributed by atoms with E-state index >= 15 is 0 Å². The van der Waals surface area contributed by atoms with Gasteiger partial charge in [-0.05, 0) is 13.0 Å². The van der Waals surface area contributed by atoms with Gasteiger partial charge in [0.05, 0.1) is 5.69 Å². The average Bonchev–Trinajstić information content (AvgIpc) is 2.68. The molecule has 0 atom stereocenters. The zero-order chi connectivity index (χ0) is 15.5. The molecule has 0 amide bonds. The van der Waals surface area contributed by atoms with E-state index in [0.717, 1.165) is 11.3 Å². The summed E-state index contributed by atoms with van der Waals surface area (Å²) in [4.78, 5) is 0. The maximum Gasteiger partial charge on any atom is 0.573 e. The average molecular weight is 299 g/mol. The molecule has 2 aromatic rings. The van der Waals surface area contributed by atoms with Crippen LogP contribution in [0.25, 0.3) is 0 Å². The molecule has 2 rings (SSSR count). The van der Waals surface area contributed by atoms with Crippen molar-refractivity contribution in [3.8, 4) is 5.75 Å². The van der Waals surface area contributed by atoms with Crippen LogP contribution in [0.3, 0.4) is 0 Å². The van der Waals surface area contributed by atoms with Gasteiger partial charge in [0.15, 0.2) is 0 Å². The number of rotatable bonds is 5. The Morgan fingerprint density at radius 1 is 1.19 bits per heavy atom. The molecule has 0 aliphatic carbocycles. The molecule has 0 saturated heterocycles. The molecule has 1 aromatic carbocycles. The zero-order valence-corrected chi connectivity index (χ0v) is 11.7. The van der Waals surface area contributed by atoms with Crippen LogP contribution in [0, 0.1) is 6.92 Å². The van der Waals surface area contributed by atoms with Crippen molar-refractivity contribution >= 4 is 0 Å². The van der Waals surface area contributed by atoms with Crippen molar-refractivity contribution in [2.45, 2.75) is 26.4 Å². The molecule has 1 aromatic heterocycles. The smallest absolute Gasteiger partial charge is 0.405 e. The van der Waals surface area contributed by atoms with E-state index < -0.39 is 6.36 Å². The molecular weight excluding hydrogens is 283 g/mol. The summed E-state index contributed by atoms with van der Waals surface area (Å²) in [6.07, 6.45) is -2.81. The van der Waals surface area contributed by atoms with Gasteiger partial charge in [0.1, 0.15) is 5.75 Å². The second-order valence-electron chi connectivity index (χ2n) is 4.67. The third-order valence-corrected chi connectivity index (χ3v) is 2.94. The largest absolute Gasteiger partial charge is 0.573 e. The second kappa shape index (κ2) is 6.17. The van der Waals surface area contributed by atoms with Crippen molar-refractivity contribution in [2.75, 3.05) is 0 Å². The lowest BCUT2D eigenvalue weighted by Gasteiger charge is -2.13. The number of hydrogen-bond donors (Lipinski definition) is 1. The summed E-state index contributed by atoms with van der Waals surface area (Å²) in [5.74, 6) is -0.180. The minimum atomic E-state index is -4.68. The number of ether oxygens (including phenoxy) is 1. The van der Waals surface area contributed by atoms with Crippen molar-refractivity contribution in [2.24, 2.45) is 7.05 Å². The molecule has 0 aliphatic heterocycles. The molecule has 0 unspecified atom stereocenters. The summed E-state index contributed by atoms with van der Waals surface area (Å²) >= 11 is 0. The van der Waals surface area contributed by atoms with E-state index in [0.29, 0.717) is 12.1 Å². The first-order valence-electron chi connectivity index (χ1n) is 6.38. The van der Waals surface area contributed by atoms with Crippen LogP contribution in [-0.2, 0) is 20.1 Å². The van der Waals surface area contributed by atoms with Crippen LogP contribution in [0.1, 0.15) is 16.8 Å². The molecule has 0 radical (unpaired) electrons. The standard InChI is InChI=1S/C14H16F3N3O/c1-10-12(9-20(2)19-10)8-18-7-11-5-3-4-6-13(11)21-14(15,16)17/h3-6,9,18H,7-8H2,1-2H3. The molecule has 4 nitrogen and oxygen atoms in total. The van der Waals surface area contributed by atoms with E-state index in [4.69, 9.17) is 0 Å². The van der Waals surface area contributed by atoms with Gasteiger partial charge in [0.2, 0.25) is 0 Å². The summed E-state index contributed by atoms with van der Waals surface area (Å²) in [5, 5.41) is 7.30. The molecule has 0 saturated carbocycles. The van der Waals surface area contributed by atoms with Crippen molar-refractivity contribution in [1.29, 1.82) is 0 Å². The van der Waals surface area contributed by atoms with Gasteiger partial charge in [0, 0.05) is 37.5 Å². The number of nitrogens with one attached hydrogen (secondary N) is 1. The normalized spacial score (nSPS) is 11.7. The number of aryl methyl sites for hydroxylation is 2. The van der Waals surface area contributed by atoms with E-state index in [9.17, 15) is 13.2 Å². The molecule has 7 heteroatoms. The Morgan fingerprint density at radius 3 is 2.48 bits per heavy atom. The van der Waals surface area contributed by atoms with Crippen molar-refractivity contribution in [3.63, 3.8) is 0 Å². The van der Waals surface area contributed by atoms with Gasteiger partial charge in [-0.1, -0.05) is 18.2 Å². The van der Waals surface area contributed by atoms with Crippen LogP contribution >= 0.6 is 0 Å². The van der Waals surface area contributed by atoms with Crippen LogP contribution in [0.5, 0.6) is 5.75 Å². The molecule has 0 bridgehead atoms. The van der Waals surface area contributed by atoms with E-state index in [-0.39, 0.29) is 12.3 Å².